The molecule has 0 fully saturated rings. The van der Waals surface area contributed by atoms with Gasteiger partial charge in [-0.2, -0.15) is 0 Å². The maximum Gasteiger partial charge on any atom is 0.163 e. The van der Waals surface area contributed by atoms with E-state index in [0.29, 0.717) is 17.0 Å². The van der Waals surface area contributed by atoms with Gasteiger partial charge in [0.05, 0.1) is 12.7 Å². The summed E-state index contributed by atoms with van der Waals surface area (Å²) in [5.41, 5.74) is 6.67. The van der Waals surface area contributed by atoms with E-state index in [4.69, 9.17) is 10.5 Å². The molecule has 2 N–H and O–H groups in total. The van der Waals surface area contributed by atoms with Crippen molar-refractivity contribution in [3.8, 4) is 5.75 Å². The van der Waals surface area contributed by atoms with E-state index in [-0.39, 0.29) is 5.78 Å². The van der Waals surface area contributed by atoms with Crippen molar-refractivity contribution < 1.29 is 9.53 Å². The predicted octanol–water partition coefficient (Wildman–Crippen LogP) is 1.48. The number of carbonyl (C=O) groups excluding carboxylic acids is 1. The number of nitrogens with two attached hydrogens (primary N) is 1. The normalized spacial score (nSPS) is 9.50. The van der Waals surface area contributed by atoms with E-state index in [9.17, 15) is 4.79 Å². The van der Waals surface area contributed by atoms with Crippen LogP contribution < -0.4 is 10.5 Å². The third-order valence-electron chi connectivity index (χ3n) is 1.60. The highest BCUT2D eigenvalue weighted by atomic mass is 16.5. The lowest BCUT2D eigenvalue weighted by Crippen LogP contribution is -1.98. The summed E-state index contributed by atoms with van der Waals surface area (Å²) in [5.74, 6) is 0.509. The number of nitrogen functional groups attached to an aromatic ring is 1. The van der Waals surface area contributed by atoms with E-state index in [1.54, 1.807) is 18.2 Å². The number of benzene rings is 1. The number of anilines is 1. The third-order valence-corrected chi connectivity index (χ3v) is 1.60. The lowest BCUT2D eigenvalue weighted by atomic mass is 10.1. The topological polar surface area (TPSA) is 52.3 Å². The molecule has 0 aromatic heterocycles. The van der Waals surface area contributed by atoms with Crippen LogP contribution in [0.25, 0.3) is 0 Å². The van der Waals surface area contributed by atoms with Crippen LogP contribution in [0.4, 0.5) is 5.69 Å². The van der Waals surface area contributed by atoms with Gasteiger partial charge < -0.3 is 10.5 Å². The summed E-state index contributed by atoms with van der Waals surface area (Å²) >= 11 is 0. The van der Waals surface area contributed by atoms with Crippen molar-refractivity contribution in [3.63, 3.8) is 0 Å². The molecule has 0 spiro atoms. The molecule has 0 aliphatic rings. The lowest BCUT2D eigenvalue weighted by molar-refractivity contribution is 0.101. The molecule has 1 aromatic rings. The first-order chi connectivity index (χ1) is 5.65. The number of rotatable bonds is 2. The minimum Gasteiger partial charge on any atom is -0.496 e. The lowest BCUT2D eigenvalue weighted by Gasteiger charge is -2.05. The first-order valence-electron chi connectivity index (χ1n) is 3.59. The Morgan fingerprint density at radius 3 is 2.67 bits per heavy atom. The zero-order valence-corrected chi connectivity index (χ0v) is 7.13. The van der Waals surface area contributed by atoms with Crippen LogP contribution in [0.2, 0.25) is 0 Å². The molecule has 0 aliphatic heterocycles. The van der Waals surface area contributed by atoms with Gasteiger partial charge in [0.25, 0.3) is 0 Å². The Labute approximate surface area is 71.1 Å². The number of Topliss-reactive ketones (excluding diaryl/α,β-unsaturated/α-hetero) is 1. The van der Waals surface area contributed by atoms with Gasteiger partial charge in [-0.15, -0.1) is 0 Å². The maximum absolute atomic E-state index is 11.0. The second-order valence-corrected chi connectivity index (χ2v) is 2.52. The van der Waals surface area contributed by atoms with Gasteiger partial charge >= 0.3 is 0 Å². The van der Waals surface area contributed by atoms with Gasteiger partial charge in [0.2, 0.25) is 0 Å². The molecule has 0 aliphatic carbocycles. The van der Waals surface area contributed by atoms with Crippen molar-refractivity contribution in [3.05, 3.63) is 23.8 Å². The molecule has 0 saturated carbocycles. The smallest absolute Gasteiger partial charge is 0.163 e. The average Bonchev–Trinajstić information content (AvgIpc) is 2.03. The first kappa shape index (κ1) is 8.59. The molecule has 0 atom stereocenters. The Morgan fingerprint density at radius 1 is 1.50 bits per heavy atom. The summed E-state index contributed by atoms with van der Waals surface area (Å²) < 4.78 is 4.99. The fourth-order valence-electron chi connectivity index (χ4n) is 0.999. The van der Waals surface area contributed by atoms with Gasteiger partial charge in [0.15, 0.2) is 5.78 Å². The zero-order chi connectivity index (χ0) is 9.14. The fourth-order valence-corrected chi connectivity index (χ4v) is 0.999. The van der Waals surface area contributed by atoms with Gasteiger partial charge in [0, 0.05) is 11.8 Å². The zero-order valence-electron chi connectivity index (χ0n) is 7.13. The second-order valence-electron chi connectivity index (χ2n) is 2.52. The van der Waals surface area contributed by atoms with Gasteiger partial charge in [-0.1, -0.05) is 0 Å². The van der Waals surface area contributed by atoms with E-state index in [1.807, 2.05) is 0 Å². The Morgan fingerprint density at radius 2 is 2.17 bits per heavy atom. The Hall–Kier alpha value is -1.51. The number of carbonyl (C=O) groups is 1. The van der Waals surface area contributed by atoms with Crippen molar-refractivity contribution >= 4 is 11.5 Å². The van der Waals surface area contributed by atoms with Gasteiger partial charge in [-0.3, -0.25) is 4.79 Å². The molecule has 12 heavy (non-hydrogen) atoms. The minimum absolute atomic E-state index is 0.0214. The average molecular weight is 165 g/mol. The SMILES string of the molecule is COc1cc(N)ccc1C(C)=O. The molecule has 3 nitrogen and oxygen atoms in total. The van der Waals surface area contributed by atoms with Crippen molar-refractivity contribution in [2.24, 2.45) is 0 Å². The molecule has 1 rings (SSSR count). The minimum atomic E-state index is -0.0214. The molecule has 3 heteroatoms. The molecular formula is C9H11NO2. The Balaban J connectivity index is 3.20. The summed E-state index contributed by atoms with van der Waals surface area (Å²) in [6.07, 6.45) is 0. The summed E-state index contributed by atoms with van der Waals surface area (Å²) in [5, 5.41) is 0. The molecule has 0 radical (unpaired) electrons. The highest BCUT2D eigenvalue weighted by Crippen LogP contribution is 2.21. The van der Waals surface area contributed by atoms with E-state index in [0.717, 1.165) is 0 Å². The summed E-state index contributed by atoms with van der Waals surface area (Å²) in [4.78, 5) is 11.0. The van der Waals surface area contributed by atoms with E-state index >= 15 is 0 Å². The van der Waals surface area contributed by atoms with Crippen LogP contribution in [0, 0.1) is 0 Å². The number of hydrogen-bond acceptors (Lipinski definition) is 3. The highest BCUT2D eigenvalue weighted by Gasteiger charge is 2.06. The molecule has 1 aromatic carbocycles. The highest BCUT2D eigenvalue weighted by molar-refractivity contribution is 5.97. The third kappa shape index (κ3) is 1.56. The van der Waals surface area contributed by atoms with Crippen LogP contribution in [-0.4, -0.2) is 12.9 Å². The number of methoxy groups -OCH3 is 1. The van der Waals surface area contributed by atoms with Crippen molar-refractivity contribution in [1.29, 1.82) is 0 Å². The molecule has 64 valence electrons. The van der Waals surface area contributed by atoms with Crippen molar-refractivity contribution in [2.45, 2.75) is 6.92 Å². The summed E-state index contributed by atoms with van der Waals surface area (Å²) in [7, 11) is 1.52. The molecule has 0 unspecified atom stereocenters. The van der Waals surface area contributed by atoms with Gasteiger partial charge in [-0.05, 0) is 19.1 Å². The predicted molar refractivity (Wildman–Crippen MR) is 47.4 cm³/mol. The summed E-state index contributed by atoms with van der Waals surface area (Å²) in [6, 6.07) is 4.98. The molecular weight excluding hydrogens is 154 g/mol. The molecule has 0 bridgehead atoms. The maximum atomic E-state index is 11.0. The van der Waals surface area contributed by atoms with E-state index in [1.165, 1.54) is 14.0 Å². The quantitative estimate of drug-likeness (QED) is 0.533. The van der Waals surface area contributed by atoms with Crippen LogP contribution >= 0.6 is 0 Å². The van der Waals surface area contributed by atoms with Gasteiger partial charge in [0.1, 0.15) is 5.75 Å². The molecule has 0 amide bonds. The number of ether oxygens (including phenoxy) is 1. The first-order valence-corrected chi connectivity index (χ1v) is 3.59. The van der Waals surface area contributed by atoms with Crippen molar-refractivity contribution in [1.82, 2.24) is 0 Å². The number of hydrogen-bond donors (Lipinski definition) is 1. The summed E-state index contributed by atoms with van der Waals surface area (Å²) in [6.45, 7) is 1.49. The van der Waals surface area contributed by atoms with Crippen LogP contribution in [0.5, 0.6) is 5.75 Å². The number of ketones is 1. The largest absolute Gasteiger partial charge is 0.496 e. The molecule has 0 saturated heterocycles. The van der Waals surface area contributed by atoms with Crippen LogP contribution in [0.3, 0.4) is 0 Å². The fraction of sp³-hybridized carbons (Fsp3) is 0.222. The van der Waals surface area contributed by atoms with Gasteiger partial charge in [-0.25, -0.2) is 0 Å². The van der Waals surface area contributed by atoms with E-state index in [2.05, 4.69) is 0 Å². The Bertz CT molecular complexity index is 307. The van der Waals surface area contributed by atoms with Crippen LogP contribution in [0.15, 0.2) is 18.2 Å². The Kier molecular flexibility index (Phi) is 2.33. The van der Waals surface area contributed by atoms with E-state index < -0.39 is 0 Å². The van der Waals surface area contributed by atoms with Crippen LogP contribution in [-0.2, 0) is 0 Å². The second kappa shape index (κ2) is 3.26. The molecule has 0 heterocycles. The van der Waals surface area contributed by atoms with Crippen molar-refractivity contribution in [2.75, 3.05) is 12.8 Å². The standard InChI is InChI=1S/C9H11NO2/c1-6(11)8-4-3-7(10)5-9(8)12-2/h3-5H,10H2,1-2H3. The monoisotopic (exact) mass is 165 g/mol. The van der Waals surface area contributed by atoms with Crippen LogP contribution in [0.1, 0.15) is 17.3 Å².